The Hall–Kier alpha value is -2.20. The lowest BCUT2D eigenvalue weighted by Crippen LogP contribution is -2.47. The summed E-state index contributed by atoms with van der Waals surface area (Å²) in [4.78, 5) is 14.8. The van der Waals surface area contributed by atoms with Crippen LogP contribution in [-0.2, 0) is 20.8 Å². The second-order valence-electron chi connectivity index (χ2n) is 6.59. The Balaban J connectivity index is 2.20. The van der Waals surface area contributed by atoms with Crippen molar-refractivity contribution in [2.24, 2.45) is 0 Å². The number of nitrogens with zero attached hydrogens (tertiary/aromatic N) is 2. The van der Waals surface area contributed by atoms with Gasteiger partial charge in [-0.2, -0.15) is 0 Å². The zero-order valence-corrected chi connectivity index (χ0v) is 18.2. The van der Waals surface area contributed by atoms with Gasteiger partial charge in [-0.1, -0.05) is 23.7 Å². The SMILES string of the molecule is C=CCCCCOC(C(=O)Nc1cccc(Cl)c1)=C(C=N)N1CCN(S(=O)[O-])CC1. The lowest BCUT2D eigenvalue weighted by atomic mass is 10.2. The number of nitrogens with one attached hydrogen (secondary N) is 2. The maximum Gasteiger partial charge on any atom is 0.293 e. The molecule has 30 heavy (non-hydrogen) atoms. The van der Waals surface area contributed by atoms with E-state index in [0.29, 0.717) is 36.1 Å². The van der Waals surface area contributed by atoms with Crippen LogP contribution in [0.1, 0.15) is 19.3 Å². The fourth-order valence-corrected chi connectivity index (χ4v) is 3.61. The Morgan fingerprint density at radius 2 is 2.07 bits per heavy atom. The fourth-order valence-electron chi connectivity index (χ4n) is 2.95. The summed E-state index contributed by atoms with van der Waals surface area (Å²) in [6.45, 7) is 5.26. The van der Waals surface area contributed by atoms with Gasteiger partial charge in [0.1, 0.15) is 5.70 Å². The van der Waals surface area contributed by atoms with E-state index in [0.717, 1.165) is 25.5 Å². The summed E-state index contributed by atoms with van der Waals surface area (Å²) >= 11 is 3.70. The molecular formula is C20H26ClN4O4S-. The van der Waals surface area contributed by atoms with Crippen molar-refractivity contribution in [3.63, 3.8) is 0 Å². The molecule has 2 N–H and O–H groups in total. The average Bonchev–Trinajstić information content (AvgIpc) is 2.73. The number of piperazine rings is 1. The van der Waals surface area contributed by atoms with Gasteiger partial charge in [-0.15, -0.1) is 6.58 Å². The molecule has 10 heteroatoms. The second-order valence-corrected chi connectivity index (χ2v) is 7.98. The molecule has 0 radical (unpaired) electrons. The molecule has 0 aromatic heterocycles. The summed E-state index contributed by atoms with van der Waals surface area (Å²) in [5.41, 5.74) is 0.825. The summed E-state index contributed by atoms with van der Waals surface area (Å²) in [7, 11) is 0. The standard InChI is InChI=1S/C20H27ClN4O4S/c1-2-3-4-5-13-29-19(20(26)23-17-8-6-7-16(21)14-17)18(15-22)24-9-11-25(12-10-24)30(27)28/h2,6-8,14-15,22H,1,3-5,9-13H2,(H,23,26)(H,27,28)/p-1. The number of rotatable bonds is 11. The quantitative estimate of drug-likeness (QED) is 0.134. The zero-order valence-electron chi connectivity index (χ0n) is 16.6. The highest BCUT2D eigenvalue weighted by molar-refractivity contribution is 7.76. The highest BCUT2D eigenvalue weighted by atomic mass is 35.5. The van der Waals surface area contributed by atoms with Gasteiger partial charge in [0.05, 0.1) is 6.61 Å². The van der Waals surface area contributed by atoms with Crippen molar-refractivity contribution in [3.8, 4) is 0 Å². The minimum atomic E-state index is -2.29. The second kappa shape index (κ2) is 12.5. The first-order valence-electron chi connectivity index (χ1n) is 9.61. The molecule has 1 amide bonds. The molecular weight excluding hydrogens is 428 g/mol. The number of ether oxygens (including phenoxy) is 1. The van der Waals surface area contributed by atoms with Crippen molar-refractivity contribution >= 4 is 40.7 Å². The van der Waals surface area contributed by atoms with E-state index in [-0.39, 0.29) is 18.8 Å². The minimum Gasteiger partial charge on any atom is -0.760 e. The maximum atomic E-state index is 13.0. The summed E-state index contributed by atoms with van der Waals surface area (Å²) in [5, 5.41) is 11.1. The lowest BCUT2D eigenvalue weighted by Gasteiger charge is -2.37. The van der Waals surface area contributed by atoms with Gasteiger partial charge in [0.2, 0.25) is 5.76 Å². The van der Waals surface area contributed by atoms with E-state index in [9.17, 15) is 13.6 Å². The molecule has 164 valence electrons. The van der Waals surface area contributed by atoms with Gasteiger partial charge in [0.15, 0.2) is 0 Å². The van der Waals surface area contributed by atoms with Crippen LogP contribution in [0.25, 0.3) is 0 Å². The molecule has 0 saturated carbocycles. The topological polar surface area (TPSA) is 109 Å². The molecule has 1 aromatic rings. The largest absolute Gasteiger partial charge is 0.760 e. The number of benzene rings is 1. The number of halogens is 1. The van der Waals surface area contributed by atoms with E-state index in [1.807, 2.05) is 6.08 Å². The van der Waals surface area contributed by atoms with E-state index >= 15 is 0 Å². The molecule has 1 aliphatic heterocycles. The summed E-state index contributed by atoms with van der Waals surface area (Å²) in [6, 6.07) is 6.75. The monoisotopic (exact) mass is 453 g/mol. The van der Waals surface area contributed by atoms with Gasteiger partial charge in [0, 0.05) is 54.4 Å². The number of carbonyl (C=O) groups excluding carboxylic acids is 1. The first-order valence-corrected chi connectivity index (χ1v) is 11.0. The van der Waals surface area contributed by atoms with E-state index in [1.165, 1.54) is 4.31 Å². The van der Waals surface area contributed by atoms with E-state index in [2.05, 4.69) is 11.9 Å². The van der Waals surface area contributed by atoms with Gasteiger partial charge in [-0.3, -0.25) is 9.00 Å². The Morgan fingerprint density at radius 1 is 1.33 bits per heavy atom. The van der Waals surface area contributed by atoms with Gasteiger partial charge < -0.3 is 24.9 Å². The Bertz CT molecular complexity index is 810. The van der Waals surface area contributed by atoms with Crippen molar-refractivity contribution in [1.29, 1.82) is 5.41 Å². The first kappa shape index (κ1) is 24.1. The van der Waals surface area contributed by atoms with Crippen molar-refractivity contribution in [3.05, 3.63) is 53.4 Å². The van der Waals surface area contributed by atoms with Crippen LogP contribution in [0.4, 0.5) is 5.69 Å². The number of hydrogen-bond acceptors (Lipinski definition) is 6. The predicted octanol–water partition coefficient (Wildman–Crippen LogP) is 2.92. The molecule has 0 spiro atoms. The molecule has 0 bridgehead atoms. The van der Waals surface area contributed by atoms with Crippen molar-refractivity contribution in [2.75, 3.05) is 38.1 Å². The van der Waals surface area contributed by atoms with E-state index < -0.39 is 17.2 Å². The van der Waals surface area contributed by atoms with Gasteiger partial charge in [-0.25, -0.2) is 4.31 Å². The van der Waals surface area contributed by atoms with Crippen LogP contribution in [0.3, 0.4) is 0 Å². The number of anilines is 1. The first-order chi connectivity index (χ1) is 14.5. The molecule has 1 atom stereocenters. The van der Waals surface area contributed by atoms with Crippen molar-refractivity contribution < 1.29 is 18.3 Å². The number of unbranched alkanes of at least 4 members (excludes halogenated alkanes) is 2. The Labute approximate surface area is 184 Å². The fraction of sp³-hybridized carbons (Fsp3) is 0.400. The highest BCUT2D eigenvalue weighted by Gasteiger charge is 2.25. The van der Waals surface area contributed by atoms with Crippen molar-refractivity contribution in [2.45, 2.75) is 19.3 Å². The lowest BCUT2D eigenvalue weighted by molar-refractivity contribution is -0.116. The van der Waals surface area contributed by atoms with E-state index in [1.54, 1.807) is 29.2 Å². The molecule has 0 aliphatic carbocycles. The van der Waals surface area contributed by atoms with Crippen LogP contribution in [0.5, 0.6) is 0 Å². The number of carbonyl (C=O) groups is 1. The van der Waals surface area contributed by atoms with Crippen LogP contribution < -0.4 is 5.32 Å². The Kier molecular flexibility index (Phi) is 10.0. The van der Waals surface area contributed by atoms with Gasteiger partial charge >= 0.3 is 0 Å². The van der Waals surface area contributed by atoms with Crippen LogP contribution >= 0.6 is 11.6 Å². The predicted molar refractivity (Wildman–Crippen MR) is 118 cm³/mol. The Morgan fingerprint density at radius 3 is 2.67 bits per heavy atom. The summed E-state index contributed by atoms with van der Waals surface area (Å²) in [6.07, 6.45) is 5.35. The van der Waals surface area contributed by atoms with Crippen LogP contribution in [0, 0.1) is 5.41 Å². The zero-order chi connectivity index (χ0) is 21.9. The van der Waals surface area contributed by atoms with Gasteiger partial charge in [0.25, 0.3) is 5.91 Å². The molecule has 1 unspecified atom stereocenters. The smallest absolute Gasteiger partial charge is 0.293 e. The molecule has 1 fully saturated rings. The maximum absolute atomic E-state index is 13.0. The molecule has 8 nitrogen and oxygen atoms in total. The third kappa shape index (κ3) is 7.24. The molecule has 1 heterocycles. The number of hydrogen-bond donors (Lipinski definition) is 2. The molecule has 1 aliphatic rings. The van der Waals surface area contributed by atoms with Crippen LogP contribution in [0.2, 0.25) is 5.02 Å². The summed E-state index contributed by atoms with van der Waals surface area (Å²) < 4.78 is 29.4. The number of allylic oxidation sites excluding steroid dienone is 2. The van der Waals surface area contributed by atoms with E-state index in [4.69, 9.17) is 21.7 Å². The third-order valence-corrected chi connectivity index (χ3v) is 5.52. The molecule has 1 saturated heterocycles. The van der Waals surface area contributed by atoms with Crippen LogP contribution in [-0.4, -0.2) is 62.9 Å². The highest BCUT2D eigenvalue weighted by Crippen LogP contribution is 2.19. The van der Waals surface area contributed by atoms with Crippen LogP contribution in [0.15, 0.2) is 48.4 Å². The van der Waals surface area contributed by atoms with Gasteiger partial charge in [-0.05, 0) is 37.5 Å². The molecule has 1 aromatic carbocycles. The third-order valence-electron chi connectivity index (χ3n) is 4.50. The number of amides is 1. The average molecular weight is 454 g/mol. The van der Waals surface area contributed by atoms with Crippen molar-refractivity contribution in [1.82, 2.24) is 9.21 Å². The minimum absolute atomic E-state index is 0.0280. The summed E-state index contributed by atoms with van der Waals surface area (Å²) in [5.74, 6) is -0.463. The molecule has 2 rings (SSSR count). The normalized spacial score (nSPS) is 16.4.